The van der Waals surface area contributed by atoms with Crippen LogP contribution in [-0.4, -0.2) is 0 Å². The standard InChI is InChI=1S/C41H42Br6/c1-22-31(5-28(42)8-34(22)45)37-11-25-4-26(12-37)16-40(15-25,19-37)41-17-27-13-38(20-41,32-6-29(43)9-35(46)23(32)2)18-39(14-27,21-41)33-7-30(44)10-36(47)24(33)3/h5-10,25-27H,4,11-21H2,1-3H3. The van der Waals surface area contributed by atoms with Gasteiger partial charge >= 0.3 is 0 Å². The smallest absolute Gasteiger partial charge is 0.0218 e. The first kappa shape index (κ1) is 33.4. The van der Waals surface area contributed by atoms with Gasteiger partial charge in [-0.1, -0.05) is 95.6 Å². The largest absolute Gasteiger partial charge is 0.0508 e. The average molecular weight is 1010 g/mol. The Balaban J connectivity index is 1.27. The fourth-order valence-corrected chi connectivity index (χ4v) is 18.1. The molecular formula is C41H42Br6. The molecule has 0 heterocycles. The number of hydrogen-bond acceptors (Lipinski definition) is 0. The van der Waals surface area contributed by atoms with E-state index in [2.05, 4.69) is 153 Å². The zero-order valence-corrected chi connectivity index (χ0v) is 37.0. The van der Waals surface area contributed by atoms with Crippen LogP contribution in [0.1, 0.15) is 110 Å². The van der Waals surface area contributed by atoms with Crippen molar-refractivity contribution in [3.8, 4) is 0 Å². The summed E-state index contributed by atoms with van der Waals surface area (Å²) in [5, 5.41) is 0. The van der Waals surface area contributed by atoms with Crippen LogP contribution in [0.4, 0.5) is 0 Å². The summed E-state index contributed by atoms with van der Waals surface area (Å²) in [4.78, 5) is 0. The summed E-state index contributed by atoms with van der Waals surface area (Å²) in [6.45, 7) is 7.16. The summed E-state index contributed by atoms with van der Waals surface area (Å²) in [6.07, 6.45) is 16.7. The van der Waals surface area contributed by atoms with E-state index >= 15 is 0 Å². The zero-order valence-electron chi connectivity index (χ0n) is 27.4. The summed E-state index contributed by atoms with van der Waals surface area (Å²) in [5.41, 5.74) is 10.7. The second-order valence-corrected chi connectivity index (χ2v) is 22.9. The van der Waals surface area contributed by atoms with Crippen LogP contribution in [-0.2, 0) is 16.2 Å². The van der Waals surface area contributed by atoms with E-state index in [4.69, 9.17) is 0 Å². The molecule has 47 heavy (non-hydrogen) atoms. The number of benzene rings is 3. The Bertz CT molecular complexity index is 1770. The molecule has 3 aromatic rings. The number of rotatable bonds is 4. The van der Waals surface area contributed by atoms with Gasteiger partial charge in [0.1, 0.15) is 0 Å². The Hall–Kier alpha value is 0.540. The number of halogens is 6. The predicted molar refractivity (Wildman–Crippen MR) is 216 cm³/mol. The fraction of sp³-hybridized carbons (Fsp3) is 0.561. The molecule has 0 nitrogen and oxygen atoms in total. The SMILES string of the molecule is Cc1c(Br)cc(Br)cc1C12CC3CC(C1)CC(C14CC5CC(c6cc(Br)cc(Br)c6C)(CC(c6cc(Br)cc(Br)c6C)(C5)C1)C4)(C3)C2. The van der Waals surface area contributed by atoms with Crippen LogP contribution in [0.15, 0.2) is 63.2 Å². The summed E-state index contributed by atoms with van der Waals surface area (Å²) >= 11 is 23.9. The van der Waals surface area contributed by atoms with E-state index in [-0.39, 0.29) is 10.8 Å². The van der Waals surface area contributed by atoms with Gasteiger partial charge in [0.05, 0.1) is 0 Å². The molecule has 8 aliphatic rings. The fourth-order valence-electron chi connectivity index (χ4n) is 14.4. The van der Waals surface area contributed by atoms with Gasteiger partial charge in [-0.3, -0.25) is 0 Å². The molecule has 4 unspecified atom stereocenters. The lowest BCUT2D eigenvalue weighted by atomic mass is 9.28. The van der Waals surface area contributed by atoms with Crippen molar-refractivity contribution in [1.29, 1.82) is 0 Å². The highest BCUT2D eigenvalue weighted by Gasteiger charge is 2.73. The van der Waals surface area contributed by atoms with Crippen LogP contribution < -0.4 is 0 Å². The van der Waals surface area contributed by atoms with Crippen LogP contribution in [0.2, 0.25) is 0 Å². The molecule has 8 aliphatic carbocycles. The van der Waals surface area contributed by atoms with E-state index in [1.54, 1.807) is 16.7 Å². The zero-order chi connectivity index (χ0) is 32.9. The van der Waals surface area contributed by atoms with Gasteiger partial charge in [0.25, 0.3) is 0 Å². The molecule has 0 aromatic heterocycles. The maximum absolute atomic E-state index is 4.01. The minimum atomic E-state index is 0.197. The van der Waals surface area contributed by atoms with Crippen LogP contribution >= 0.6 is 95.6 Å². The normalized spacial score (nSPS) is 39.6. The first-order valence-corrected chi connectivity index (χ1v) is 22.3. The highest BCUT2D eigenvalue weighted by molar-refractivity contribution is 9.11. The van der Waals surface area contributed by atoms with E-state index < -0.39 is 0 Å². The van der Waals surface area contributed by atoms with Gasteiger partial charge in [0.15, 0.2) is 0 Å². The molecule has 0 radical (unpaired) electrons. The van der Waals surface area contributed by atoms with Crippen LogP contribution in [0.25, 0.3) is 0 Å². The molecule has 3 aromatic carbocycles. The highest BCUT2D eigenvalue weighted by atomic mass is 79.9. The van der Waals surface area contributed by atoms with Gasteiger partial charge in [0.2, 0.25) is 0 Å². The molecular weight excluding hydrogens is 972 g/mol. The second-order valence-electron chi connectivity index (χ2n) is 17.6. The molecule has 4 atom stereocenters. The Labute approximate surface area is 331 Å². The lowest BCUT2D eigenvalue weighted by Gasteiger charge is -2.76. The van der Waals surface area contributed by atoms with Crippen molar-refractivity contribution in [2.24, 2.45) is 28.6 Å². The van der Waals surface area contributed by atoms with E-state index in [1.807, 2.05) is 0 Å². The maximum atomic E-state index is 4.01. The first-order valence-electron chi connectivity index (χ1n) is 17.6. The van der Waals surface area contributed by atoms with Crippen molar-refractivity contribution in [1.82, 2.24) is 0 Å². The van der Waals surface area contributed by atoms with E-state index in [0.717, 1.165) is 17.8 Å². The first-order chi connectivity index (χ1) is 22.2. The molecule has 8 fully saturated rings. The Morgan fingerprint density at radius 2 is 0.787 bits per heavy atom. The molecule has 11 rings (SSSR count). The van der Waals surface area contributed by atoms with Crippen molar-refractivity contribution in [2.75, 3.05) is 0 Å². The van der Waals surface area contributed by atoms with Gasteiger partial charge in [-0.05, 0) is 212 Å². The molecule has 0 amide bonds. The van der Waals surface area contributed by atoms with Crippen molar-refractivity contribution < 1.29 is 0 Å². The topological polar surface area (TPSA) is 0 Å². The third-order valence-corrected chi connectivity index (χ3v) is 18.7. The van der Waals surface area contributed by atoms with Gasteiger partial charge < -0.3 is 0 Å². The summed E-state index contributed by atoms with van der Waals surface area (Å²) < 4.78 is 7.45. The van der Waals surface area contributed by atoms with Crippen molar-refractivity contribution in [2.45, 2.75) is 114 Å². The van der Waals surface area contributed by atoms with Crippen LogP contribution in [0.3, 0.4) is 0 Å². The predicted octanol–water partition coefficient (Wildman–Crippen LogP) is 14.9. The van der Waals surface area contributed by atoms with E-state index in [1.165, 1.54) is 121 Å². The Morgan fingerprint density at radius 1 is 0.426 bits per heavy atom. The second kappa shape index (κ2) is 11.0. The number of hydrogen-bond donors (Lipinski definition) is 0. The monoisotopic (exact) mass is 1010 g/mol. The van der Waals surface area contributed by atoms with Crippen molar-refractivity contribution >= 4 is 95.6 Å². The lowest BCUT2D eigenvalue weighted by molar-refractivity contribution is -0.218. The molecule has 0 spiro atoms. The highest BCUT2D eigenvalue weighted by Crippen LogP contribution is 2.81. The molecule has 248 valence electrons. The Morgan fingerprint density at radius 3 is 1.23 bits per heavy atom. The molecule has 0 aliphatic heterocycles. The minimum Gasteiger partial charge on any atom is -0.0508 e. The molecule has 6 heteroatoms. The van der Waals surface area contributed by atoms with E-state index in [9.17, 15) is 0 Å². The quantitative estimate of drug-likeness (QED) is 0.244. The average Bonchev–Trinajstić information content (AvgIpc) is 2.97. The lowest BCUT2D eigenvalue weighted by Crippen LogP contribution is -2.69. The van der Waals surface area contributed by atoms with E-state index in [0.29, 0.717) is 16.2 Å². The maximum Gasteiger partial charge on any atom is 0.0218 e. The van der Waals surface area contributed by atoms with Crippen molar-refractivity contribution in [3.63, 3.8) is 0 Å². The third kappa shape index (κ3) is 4.81. The van der Waals surface area contributed by atoms with Gasteiger partial charge in [-0.2, -0.15) is 0 Å². The summed E-state index contributed by atoms with van der Waals surface area (Å²) in [5.74, 6) is 2.49. The van der Waals surface area contributed by atoms with Gasteiger partial charge in [-0.25, -0.2) is 0 Å². The van der Waals surface area contributed by atoms with Crippen molar-refractivity contribution in [3.05, 3.63) is 96.6 Å². The van der Waals surface area contributed by atoms with Crippen LogP contribution in [0, 0.1) is 49.4 Å². The molecule has 8 bridgehead atoms. The Kier molecular flexibility index (Phi) is 7.83. The third-order valence-electron chi connectivity index (χ3n) is 14.9. The summed E-state index contributed by atoms with van der Waals surface area (Å²) in [6, 6.07) is 14.4. The minimum absolute atomic E-state index is 0.197. The molecule has 8 saturated carbocycles. The van der Waals surface area contributed by atoms with Crippen LogP contribution in [0.5, 0.6) is 0 Å². The van der Waals surface area contributed by atoms with Gasteiger partial charge in [0, 0.05) is 26.8 Å². The molecule has 0 saturated heterocycles. The summed E-state index contributed by atoms with van der Waals surface area (Å²) in [7, 11) is 0. The molecule has 0 N–H and O–H groups in total. The van der Waals surface area contributed by atoms with Gasteiger partial charge in [-0.15, -0.1) is 0 Å².